The first-order valence-electron chi connectivity index (χ1n) is 11.5. The molecule has 2 fully saturated rings. The van der Waals surface area contributed by atoms with Gasteiger partial charge < -0.3 is 9.64 Å². The number of fused-ring (bicyclic) bond motifs is 1. The molecule has 2 aliphatic heterocycles. The third-order valence-corrected chi connectivity index (χ3v) is 7.49. The van der Waals surface area contributed by atoms with Crippen LogP contribution in [0.15, 0.2) is 24.3 Å². The molecule has 2 atom stereocenters. The zero-order valence-corrected chi connectivity index (χ0v) is 19.0. The molecule has 0 saturated carbocycles. The molecular weight excluding hydrogens is 410 g/mol. The first-order valence-corrected chi connectivity index (χ1v) is 12.4. The predicted octanol–water partition coefficient (Wildman–Crippen LogP) is 3.52. The van der Waals surface area contributed by atoms with Crippen molar-refractivity contribution < 1.29 is 4.74 Å². The van der Waals surface area contributed by atoms with Crippen molar-refractivity contribution in [3.63, 3.8) is 0 Å². The number of unbranched alkanes of at least 4 members (excludes halogenated alkanes) is 1. The fraction of sp³-hybridized carbons (Fsp3) is 0.636. The lowest BCUT2D eigenvalue weighted by Gasteiger charge is -2.38. The number of para-hydroxylation sites is 1. The van der Waals surface area contributed by atoms with Crippen LogP contribution in [-0.2, 0) is 11.3 Å². The summed E-state index contributed by atoms with van der Waals surface area (Å²) in [6, 6.07) is 8.65. The monoisotopic (exact) mass is 441 g/mol. The van der Waals surface area contributed by atoms with Gasteiger partial charge in [-0.2, -0.15) is 0 Å². The van der Waals surface area contributed by atoms with Gasteiger partial charge in [-0.05, 0) is 41.8 Å². The highest BCUT2D eigenvalue weighted by Crippen LogP contribution is 2.31. The number of benzene rings is 1. The third-order valence-electron chi connectivity index (χ3n) is 6.40. The van der Waals surface area contributed by atoms with Crippen molar-refractivity contribution in [2.45, 2.75) is 57.7 Å². The molecule has 4 heterocycles. The first kappa shape index (κ1) is 20.8. The summed E-state index contributed by atoms with van der Waals surface area (Å²) in [4.78, 5) is 9.84. The highest BCUT2D eigenvalue weighted by Gasteiger charge is 2.30. The van der Waals surface area contributed by atoms with Crippen LogP contribution in [0.25, 0.3) is 10.2 Å². The van der Waals surface area contributed by atoms with Gasteiger partial charge in [0.2, 0.25) is 0 Å². The number of nitrogens with zero attached hydrogens (tertiary/aromatic N) is 7. The standard InChI is InChI=1S/C22H31N7OS/c1-2-3-9-19(21-24-25-26-29(21)16-17-7-6-15-30-17)27-11-13-28(14-12-27)22-23-18-8-4-5-10-20(18)31-22/h4-5,8,10,17,19H,2-3,6-7,9,11-16H2,1H3/t17-,19-/m0/s1. The second kappa shape index (κ2) is 9.58. The van der Waals surface area contributed by atoms with Gasteiger partial charge in [-0.25, -0.2) is 9.67 Å². The van der Waals surface area contributed by atoms with Crippen LogP contribution in [0.3, 0.4) is 0 Å². The van der Waals surface area contributed by atoms with Crippen LogP contribution in [0, 0.1) is 0 Å². The number of anilines is 1. The van der Waals surface area contributed by atoms with Gasteiger partial charge in [0.05, 0.1) is 28.9 Å². The smallest absolute Gasteiger partial charge is 0.186 e. The van der Waals surface area contributed by atoms with Crippen molar-refractivity contribution in [3.05, 3.63) is 30.1 Å². The van der Waals surface area contributed by atoms with Gasteiger partial charge in [0, 0.05) is 32.8 Å². The summed E-state index contributed by atoms with van der Waals surface area (Å²) in [6.45, 7) is 7.82. The van der Waals surface area contributed by atoms with Crippen molar-refractivity contribution >= 4 is 26.7 Å². The Morgan fingerprint density at radius 2 is 2.06 bits per heavy atom. The fourth-order valence-electron chi connectivity index (χ4n) is 4.65. The van der Waals surface area contributed by atoms with E-state index in [1.807, 2.05) is 4.68 Å². The molecule has 5 rings (SSSR count). The molecule has 0 amide bonds. The molecule has 2 aliphatic rings. The molecule has 2 saturated heterocycles. The average Bonchev–Trinajstić information content (AvgIpc) is 3.56. The summed E-state index contributed by atoms with van der Waals surface area (Å²) in [6.07, 6.45) is 5.91. The second-order valence-electron chi connectivity index (χ2n) is 8.50. The minimum Gasteiger partial charge on any atom is -0.376 e. The third kappa shape index (κ3) is 4.58. The van der Waals surface area contributed by atoms with Gasteiger partial charge in [-0.3, -0.25) is 4.90 Å². The summed E-state index contributed by atoms with van der Waals surface area (Å²) >= 11 is 1.79. The minimum atomic E-state index is 0.241. The highest BCUT2D eigenvalue weighted by molar-refractivity contribution is 7.22. The van der Waals surface area contributed by atoms with Gasteiger partial charge in [0.15, 0.2) is 11.0 Å². The SMILES string of the molecule is CCCC[C@@H](c1nnnn1C[C@@H]1CCCO1)N1CCN(c2nc3ccccc3s2)CC1. The van der Waals surface area contributed by atoms with Crippen molar-refractivity contribution in [1.82, 2.24) is 30.1 Å². The van der Waals surface area contributed by atoms with E-state index in [0.29, 0.717) is 0 Å². The Morgan fingerprint density at radius 3 is 2.84 bits per heavy atom. The number of hydrogen-bond acceptors (Lipinski definition) is 8. The number of aromatic nitrogens is 5. The average molecular weight is 442 g/mol. The molecule has 2 aromatic heterocycles. The van der Waals surface area contributed by atoms with Crippen LogP contribution >= 0.6 is 11.3 Å². The van der Waals surface area contributed by atoms with Gasteiger partial charge >= 0.3 is 0 Å². The molecule has 1 aromatic carbocycles. The summed E-state index contributed by atoms with van der Waals surface area (Å²) < 4.78 is 9.09. The van der Waals surface area contributed by atoms with Crippen LogP contribution in [0.4, 0.5) is 5.13 Å². The van der Waals surface area contributed by atoms with E-state index in [0.717, 1.165) is 75.1 Å². The van der Waals surface area contributed by atoms with E-state index < -0.39 is 0 Å². The fourth-order valence-corrected chi connectivity index (χ4v) is 5.67. The van der Waals surface area contributed by atoms with E-state index in [4.69, 9.17) is 9.72 Å². The van der Waals surface area contributed by atoms with E-state index in [1.165, 1.54) is 17.5 Å². The van der Waals surface area contributed by atoms with Crippen LogP contribution in [0.1, 0.15) is 50.9 Å². The maximum absolute atomic E-state index is 5.83. The lowest BCUT2D eigenvalue weighted by Crippen LogP contribution is -2.48. The quantitative estimate of drug-likeness (QED) is 0.530. The molecule has 8 nitrogen and oxygen atoms in total. The van der Waals surface area contributed by atoms with Crippen molar-refractivity contribution in [2.24, 2.45) is 0 Å². The van der Waals surface area contributed by atoms with E-state index >= 15 is 0 Å². The summed E-state index contributed by atoms with van der Waals surface area (Å²) in [7, 11) is 0. The number of ether oxygens (including phenoxy) is 1. The van der Waals surface area contributed by atoms with E-state index in [9.17, 15) is 0 Å². The topological polar surface area (TPSA) is 72.2 Å². The Hall–Kier alpha value is -2.10. The van der Waals surface area contributed by atoms with Gasteiger partial charge in [-0.15, -0.1) is 5.10 Å². The Balaban J connectivity index is 1.28. The Labute approximate surface area is 187 Å². The largest absolute Gasteiger partial charge is 0.376 e. The molecule has 31 heavy (non-hydrogen) atoms. The van der Waals surface area contributed by atoms with Gasteiger partial charge in [0.25, 0.3) is 0 Å². The van der Waals surface area contributed by atoms with E-state index in [-0.39, 0.29) is 12.1 Å². The maximum Gasteiger partial charge on any atom is 0.186 e. The van der Waals surface area contributed by atoms with E-state index in [2.05, 4.69) is 56.5 Å². The maximum atomic E-state index is 5.83. The number of piperazine rings is 1. The van der Waals surface area contributed by atoms with Crippen LogP contribution < -0.4 is 4.90 Å². The molecule has 0 N–H and O–H groups in total. The Kier molecular flexibility index (Phi) is 6.42. The molecule has 3 aromatic rings. The van der Waals surface area contributed by atoms with Crippen molar-refractivity contribution in [3.8, 4) is 0 Å². The number of hydrogen-bond donors (Lipinski definition) is 0. The lowest BCUT2D eigenvalue weighted by atomic mass is 10.1. The summed E-state index contributed by atoms with van der Waals surface area (Å²) in [5, 5.41) is 14.0. The first-order chi connectivity index (χ1) is 15.3. The molecule has 0 radical (unpaired) electrons. The molecule has 166 valence electrons. The van der Waals surface area contributed by atoms with Crippen molar-refractivity contribution in [2.75, 3.05) is 37.7 Å². The second-order valence-corrected chi connectivity index (χ2v) is 9.51. The van der Waals surface area contributed by atoms with Gasteiger partial charge in [0.1, 0.15) is 0 Å². The molecule has 0 aliphatic carbocycles. The van der Waals surface area contributed by atoms with Crippen LogP contribution in [-0.4, -0.2) is 69.0 Å². The Morgan fingerprint density at radius 1 is 1.19 bits per heavy atom. The van der Waals surface area contributed by atoms with Gasteiger partial charge in [-0.1, -0.05) is 43.2 Å². The predicted molar refractivity (Wildman–Crippen MR) is 122 cm³/mol. The molecule has 0 spiro atoms. The summed E-state index contributed by atoms with van der Waals surface area (Å²) in [5.74, 6) is 0.998. The number of tetrazole rings is 1. The number of rotatable bonds is 8. The molecular formula is C22H31N7OS. The Bertz CT molecular complexity index is 942. The number of thiazole rings is 1. The van der Waals surface area contributed by atoms with E-state index in [1.54, 1.807) is 11.3 Å². The minimum absolute atomic E-state index is 0.241. The van der Waals surface area contributed by atoms with Crippen molar-refractivity contribution in [1.29, 1.82) is 0 Å². The normalized spacial score (nSPS) is 21.2. The highest BCUT2D eigenvalue weighted by atomic mass is 32.1. The molecule has 0 bridgehead atoms. The summed E-state index contributed by atoms with van der Waals surface area (Å²) in [5.41, 5.74) is 1.10. The zero-order chi connectivity index (χ0) is 21.0. The zero-order valence-electron chi connectivity index (χ0n) is 18.2. The lowest BCUT2D eigenvalue weighted by molar-refractivity contribution is 0.0890. The molecule has 0 unspecified atom stereocenters. The van der Waals surface area contributed by atoms with Crippen LogP contribution in [0.5, 0.6) is 0 Å². The molecule has 9 heteroatoms. The van der Waals surface area contributed by atoms with Crippen LogP contribution in [0.2, 0.25) is 0 Å².